The molecule has 10 heteroatoms. The monoisotopic (exact) mass is 480 g/mol. The van der Waals surface area contributed by atoms with E-state index in [4.69, 9.17) is 15.7 Å². The molecule has 0 aromatic carbocycles. The number of rotatable bonds is 6. The number of hydrogen-bond acceptors (Lipinski definition) is 10. The van der Waals surface area contributed by atoms with E-state index in [0.29, 0.717) is 12.1 Å². The standard InChI is InChI=1S/C24H32N8OS/c25-23-26-12-16(13-27-23)20-22-21(29-24(28-20)32-18-2-1-3-19(32)5-4-18)17(15-34-22)14-31-8-6-30(7-9-31)10-11-33/h12-13,15,18-19,33H,1-11,14H2,(H2,25,26,27). The van der Waals surface area contributed by atoms with Crippen molar-refractivity contribution in [3.05, 3.63) is 23.3 Å². The van der Waals surface area contributed by atoms with Crippen molar-refractivity contribution in [3.8, 4) is 11.3 Å². The summed E-state index contributed by atoms with van der Waals surface area (Å²) < 4.78 is 1.09. The largest absolute Gasteiger partial charge is 0.395 e. The second kappa shape index (κ2) is 9.33. The Labute approximate surface area is 203 Å². The maximum Gasteiger partial charge on any atom is 0.227 e. The van der Waals surface area contributed by atoms with Gasteiger partial charge < -0.3 is 15.7 Å². The zero-order valence-corrected chi connectivity index (χ0v) is 20.3. The van der Waals surface area contributed by atoms with Crippen LogP contribution in [0, 0.1) is 0 Å². The van der Waals surface area contributed by atoms with Gasteiger partial charge in [0.2, 0.25) is 11.9 Å². The van der Waals surface area contributed by atoms with Crippen molar-refractivity contribution in [1.29, 1.82) is 0 Å². The lowest BCUT2D eigenvalue weighted by Gasteiger charge is -2.35. The van der Waals surface area contributed by atoms with Crippen molar-refractivity contribution in [1.82, 2.24) is 29.7 Å². The number of piperidine rings is 1. The van der Waals surface area contributed by atoms with Gasteiger partial charge in [-0.1, -0.05) is 0 Å². The minimum atomic E-state index is 0.227. The summed E-state index contributed by atoms with van der Waals surface area (Å²) in [6.45, 7) is 5.87. The maximum atomic E-state index is 9.23. The number of nitrogen functional groups attached to an aromatic ring is 1. The van der Waals surface area contributed by atoms with Crippen molar-refractivity contribution in [2.45, 2.75) is 50.7 Å². The predicted octanol–water partition coefficient (Wildman–Crippen LogP) is 2.36. The van der Waals surface area contributed by atoms with Gasteiger partial charge in [0.25, 0.3) is 0 Å². The van der Waals surface area contributed by atoms with Crippen LogP contribution in [-0.4, -0.2) is 86.3 Å². The molecule has 2 bridgehead atoms. The SMILES string of the molecule is Nc1ncc(-c2nc(N3C4CCCC3CC4)nc3c(CN4CCN(CCO)CC4)csc23)cn1. The molecule has 3 N–H and O–H groups in total. The smallest absolute Gasteiger partial charge is 0.227 e. The number of hydrogen-bond donors (Lipinski definition) is 2. The molecule has 3 aliphatic rings. The predicted molar refractivity (Wildman–Crippen MR) is 135 cm³/mol. The molecule has 0 amide bonds. The summed E-state index contributed by atoms with van der Waals surface area (Å²) >= 11 is 1.71. The van der Waals surface area contributed by atoms with E-state index in [-0.39, 0.29) is 12.6 Å². The van der Waals surface area contributed by atoms with E-state index >= 15 is 0 Å². The van der Waals surface area contributed by atoms with Gasteiger partial charge in [-0.15, -0.1) is 11.3 Å². The first-order chi connectivity index (χ1) is 16.7. The number of aromatic nitrogens is 4. The Kier molecular flexibility index (Phi) is 6.06. The minimum absolute atomic E-state index is 0.227. The number of fused-ring (bicyclic) bond motifs is 3. The van der Waals surface area contributed by atoms with Crippen molar-refractivity contribution in [2.75, 3.05) is 50.0 Å². The maximum absolute atomic E-state index is 9.23. The lowest BCUT2D eigenvalue weighted by molar-refractivity contribution is 0.109. The van der Waals surface area contributed by atoms with Crippen LogP contribution in [0.2, 0.25) is 0 Å². The van der Waals surface area contributed by atoms with E-state index in [2.05, 4.69) is 30.0 Å². The van der Waals surface area contributed by atoms with Gasteiger partial charge >= 0.3 is 0 Å². The molecule has 180 valence electrons. The van der Waals surface area contributed by atoms with Crippen LogP contribution in [0.3, 0.4) is 0 Å². The van der Waals surface area contributed by atoms with Crippen molar-refractivity contribution in [2.24, 2.45) is 0 Å². The van der Waals surface area contributed by atoms with Crippen LogP contribution < -0.4 is 10.6 Å². The zero-order chi connectivity index (χ0) is 23.1. The van der Waals surface area contributed by atoms with Gasteiger partial charge in [-0.3, -0.25) is 9.80 Å². The normalized spacial score (nSPS) is 23.7. The second-order valence-corrected chi connectivity index (χ2v) is 10.6. The molecule has 6 rings (SSSR count). The molecule has 3 saturated heterocycles. The highest BCUT2D eigenvalue weighted by atomic mass is 32.1. The van der Waals surface area contributed by atoms with Crippen LogP contribution >= 0.6 is 11.3 Å². The van der Waals surface area contributed by atoms with Crippen molar-refractivity contribution >= 4 is 33.5 Å². The average molecular weight is 481 g/mol. The molecule has 6 heterocycles. The third kappa shape index (κ3) is 4.13. The number of thiophene rings is 1. The number of nitrogens with zero attached hydrogens (tertiary/aromatic N) is 7. The van der Waals surface area contributed by atoms with Gasteiger partial charge in [-0.25, -0.2) is 19.9 Å². The topological polar surface area (TPSA) is 108 Å². The summed E-state index contributed by atoms with van der Waals surface area (Å²) in [4.78, 5) is 26.1. The molecule has 9 nitrogen and oxygen atoms in total. The number of aliphatic hydroxyl groups excluding tert-OH is 1. The fourth-order valence-corrected chi connectivity index (χ4v) is 6.84. The van der Waals surface area contributed by atoms with Crippen LogP contribution in [0.15, 0.2) is 17.8 Å². The molecule has 0 saturated carbocycles. The second-order valence-electron chi connectivity index (χ2n) is 9.71. The van der Waals surface area contributed by atoms with E-state index < -0.39 is 0 Å². The Morgan fingerprint density at radius 2 is 1.68 bits per heavy atom. The Balaban J connectivity index is 1.37. The lowest BCUT2D eigenvalue weighted by Crippen LogP contribution is -2.46. The summed E-state index contributed by atoms with van der Waals surface area (Å²) in [6.07, 6.45) is 9.79. The third-order valence-corrected chi connectivity index (χ3v) is 8.65. The number of aliphatic hydroxyl groups is 1. The summed E-state index contributed by atoms with van der Waals surface area (Å²) in [5, 5.41) is 11.5. The van der Waals surface area contributed by atoms with E-state index in [9.17, 15) is 5.11 Å². The van der Waals surface area contributed by atoms with Gasteiger partial charge in [0.05, 0.1) is 22.5 Å². The fourth-order valence-electron chi connectivity index (χ4n) is 5.83. The molecule has 2 atom stereocenters. The first-order valence-corrected chi connectivity index (χ1v) is 13.3. The molecule has 0 spiro atoms. The molecule has 3 aliphatic heterocycles. The quantitative estimate of drug-likeness (QED) is 0.550. The van der Waals surface area contributed by atoms with Crippen molar-refractivity contribution < 1.29 is 5.11 Å². The molecule has 3 aromatic heterocycles. The Hall–Kier alpha value is -2.40. The number of nitrogens with two attached hydrogens (primary N) is 1. The van der Waals surface area contributed by atoms with Crippen LogP contribution in [0.1, 0.15) is 37.7 Å². The molecule has 3 aromatic rings. The Morgan fingerprint density at radius 1 is 0.971 bits per heavy atom. The first kappa shape index (κ1) is 22.1. The number of piperazine rings is 1. The Bertz CT molecular complexity index is 1130. The molecule has 3 fully saturated rings. The highest BCUT2D eigenvalue weighted by Crippen LogP contribution is 2.41. The summed E-state index contributed by atoms with van der Waals surface area (Å²) in [5.74, 6) is 1.13. The molecule has 0 radical (unpaired) electrons. The van der Waals surface area contributed by atoms with Crippen LogP contribution in [0.4, 0.5) is 11.9 Å². The molecule has 34 heavy (non-hydrogen) atoms. The van der Waals surface area contributed by atoms with E-state index in [1.165, 1.54) is 37.7 Å². The van der Waals surface area contributed by atoms with Gasteiger partial charge in [0, 0.05) is 74.9 Å². The van der Waals surface area contributed by atoms with E-state index in [1.807, 2.05) is 0 Å². The van der Waals surface area contributed by atoms with Crippen molar-refractivity contribution in [3.63, 3.8) is 0 Å². The number of anilines is 2. The number of β-amino-alcohol motifs (C(OH)–C–C–N with tert-alkyl or cyclic N) is 1. The van der Waals surface area contributed by atoms with E-state index in [0.717, 1.165) is 66.7 Å². The third-order valence-electron chi connectivity index (χ3n) is 7.62. The van der Waals surface area contributed by atoms with Gasteiger partial charge in [-0.05, 0) is 37.5 Å². The molecular formula is C24H32N8OS. The van der Waals surface area contributed by atoms with Gasteiger partial charge in [0.1, 0.15) is 0 Å². The average Bonchev–Trinajstić information content (AvgIpc) is 3.37. The summed E-state index contributed by atoms with van der Waals surface area (Å²) in [5.41, 5.74) is 9.89. The lowest BCUT2D eigenvalue weighted by atomic mass is 10.0. The highest BCUT2D eigenvalue weighted by Gasteiger charge is 2.38. The molecular weight excluding hydrogens is 448 g/mol. The highest BCUT2D eigenvalue weighted by molar-refractivity contribution is 7.17. The van der Waals surface area contributed by atoms with Gasteiger partial charge in [-0.2, -0.15) is 0 Å². The molecule has 0 aliphatic carbocycles. The van der Waals surface area contributed by atoms with Gasteiger partial charge in [0.15, 0.2) is 0 Å². The summed E-state index contributed by atoms with van der Waals surface area (Å²) in [7, 11) is 0. The van der Waals surface area contributed by atoms with Crippen LogP contribution in [0.5, 0.6) is 0 Å². The van der Waals surface area contributed by atoms with Crippen LogP contribution in [0.25, 0.3) is 21.5 Å². The fraction of sp³-hybridized carbons (Fsp3) is 0.583. The van der Waals surface area contributed by atoms with Crippen LogP contribution in [-0.2, 0) is 6.54 Å². The first-order valence-electron chi connectivity index (χ1n) is 12.4. The Morgan fingerprint density at radius 3 is 2.38 bits per heavy atom. The summed E-state index contributed by atoms with van der Waals surface area (Å²) in [6, 6.07) is 1.10. The zero-order valence-electron chi connectivity index (χ0n) is 19.4. The minimum Gasteiger partial charge on any atom is -0.395 e. The van der Waals surface area contributed by atoms with E-state index in [1.54, 1.807) is 23.7 Å². The molecule has 2 unspecified atom stereocenters.